The van der Waals surface area contributed by atoms with E-state index in [0.29, 0.717) is 17.7 Å². The van der Waals surface area contributed by atoms with Crippen molar-refractivity contribution < 1.29 is 23.1 Å². The summed E-state index contributed by atoms with van der Waals surface area (Å²) >= 11 is 0. The number of benzene rings is 1. The molecule has 0 aliphatic heterocycles. The number of carbonyl (C=O) groups excluding carboxylic acids is 1. The van der Waals surface area contributed by atoms with E-state index in [9.17, 15) is 13.6 Å². The number of hydrogen-bond donors (Lipinski definition) is 1. The molecule has 0 atom stereocenters. The number of nitrogens with one attached hydrogen (secondary N) is 1. The van der Waals surface area contributed by atoms with Gasteiger partial charge in [-0.25, -0.2) is 8.78 Å². The van der Waals surface area contributed by atoms with Crippen molar-refractivity contribution in [2.75, 3.05) is 7.11 Å². The molecule has 8 heteroatoms. The Morgan fingerprint density at radius 1 is 1.18 bits per heavy atom. The summed E-state index contributed by atoms with van der Waals surface area (Å²) in [5, 5.41) is 3.58. The molecule has 0 aliphatic carbocycles. The van der Waals surface area contributed by atoms with Gasteiger partial charge in [0.25, 0.3) is 5.91 Å². The van der Waals surface area contributed by atoms with Crippen LogP contribution in [0, 0.1) is 11.6 Å². The summed E-state index contributed by atoms with van der Waals surface area (Å²) in [5.41, 5.74) is 3.58. The van der Waals surface area contributed by atoms with Crippen molar-refractivity contribution in [1.29, 1.82) is 0 Å². The molecule has 0 saturated heterocycles. The average molecular weight is 451 g/mol. The summed E-state index contributed by atoms with van der Waals surface area (Å²) in [6.07, 6.45) is 5.29. The zero-order valence-electron chi connectivity index (χ0n) is 18.7. The highest BCUT2D eigenvalue weighted by Crippen LogP contribution is 2.31. The maximum absolute atomic E-state index is 13.6. The fourth-order valence-electron chi connectivity index (χ4n) is 4.00. The molecule has 0 fully saturated rings. The highest BCUT2D eigenvalue weighted by molar-refractivity contribution is 6.08. The molecule has 4 rings (SSSR count). The van der Waals surface area contributed by atoms with E-state index in [1.165, 1.54) is 10.8 Å². The van der Waals surface area contributed by atoms with Crippen molar-refractivity contribution in [1.82, 2.24) is 14.9 Å². The molecular weight excluding hydrogens is 426 g/mol. The Hall–Kier alpha value is -3.81. The van der Waals surface area contributed by atoms with Crippen LogP contribution in [0.3, 0.4) is 0 Å². The third-order valence-electron chi connectivity index (χ3n) is 5.49. The summed E-state index contributed by atoms with van der Waals surface area (Å²) < 4.78 is 30.5. The number of pyridine rings is 2. The SMILES string of the molecule is CO[n+]1ccc2c(c1)c(C(=O)NCc1ccc(F)c(F)c1)c(C(C)C)n2Cc1ccccn1. The molecule has 1 N–H and O–H groups in total. The first-order chi connectivity index (χ1) is 15.9. The third-order valence-corrected chi connectivity index (χ3v) is 5.49. The van der Waals surface area contributed by atoms with Gasteiger partial charge in [-0.15, -0.1) is 0 Å². The molecule has 0 unspecified atom stereocenters. The van der Waals surface area contributed by atoms with E-state index in [2.05, 4.69) is 14.9 Å². The molecule has 0 spiro atoms. The average Bonchev–Trinajstić information content (AvgIpc) is 3.14. The summed E-state index contributed by atoms with van der Waals surface area (Å²) in [6.45, 7) is 4.62. The van der Waals surface area contributed by atoms with Crippen LogP contribution in [-0.2, 0) is 13.1 Å². The molecule has 0 radical (unpaired) electrons. The normalized spacial score (nSPS) is 11.2. The van der Waals surface area contributed by atoms with Gasteiger partial charge in [0.1, 0.15) is 7.11 Å². The van der Waals surface area contributed by atoms with E-state index in [0.717, 1.165) is 34.4 Å². The molecular formula is C25H25F2N4O2+. The Morgan fingerprint density at radius 2 is 2.00 bits per heavy atom. The number of halogens is 2. The van der Waals surface area contributed by atoms with Crippen LogP contribution in [0.1, 0.15) is 47.1 Å². The van der Waals surface area contributed by atoms with Crippen LogP contribution in [0.25, 0.3) is 10.9 Å². The molecule has 33 heavy (non-hydrogen) atoms. The van der Waals surface area contributed by atoms with Crippen LogP contribution in [-0.4, -0.2) is 22.6 Å². The lowest BCUT2D eigenvalue weighted by Gasteiger charge is -2.15. The van der Waals surface area contributed by atoms with Gasteiger partial charge in [-0.05, 0) is 35.7 Å². The fraction of sp³-hybridized carbons (Fsp3) is 0.240. The molecule has 0 saturated carbocycles. The van der Waals surface area contributed by atoms with Crippen molar-refractivity contribution in [2.24, 2.45) is 0 Å². The number of rotatable bonds is 7. The smallest absolute Gasteiger partial charge is 0.254 e. The molecule has 0 bridgehead atoms. The van der Waals surface area contributed by atoms with Crippen LogP contribution >= 0.6 is 0 Å². The Balaban J connectivity index is 1.78. The van der Waals surface area contributed by atoms with Crippen LogP contribution in [0.15, 0.2) is 61.1 Å². The maximum Gasteiger partial charge on any atom is 0.254 e. The maximum atomic E-state index is 13.6. The highest BCUT2D eigenvalue weighted by Gasteiger charge is 2.27. The minimum absolute atomic E-state index is 0.0288. The van der Waals surface area contributed by atoms with Crippen LogP contribution in [0.4, 0.5) is 8.78 Å². The standard InChI is InChI=1S/C25H24F2N4O2/c1-16(2)24-23(25(32)29-13-17-7-8-20(26)21(27)12-17)19-15-30(33-3)11-9-22(19)31(24)14-18-6-4-5-10-28-18/h4-12,15-16H,13-14H2,1-3H3/p+1. The van der Waals surface area contributed by atoms with Crippen molar-refractivity contribution in [2.45, 2.75) is 32.9 Å². The van der Waals surface area contributed by atoms with E-state index in [-0.39, 0.29) is 18.4 Å². The summed E-state index contributed by atoms with van der Waals surface area (Å²) in [4.78, 5) is 23.2. The lowest BCUT2D eigenvalue weighted by Crippen LogP contribution is -2.39. The van der Waals surface area contributed by atoms with E-state index in [1.54, 1.807) is 25.7 Å². The summed E-state index contributed by atoms with van der Waals surface area (Å²) in [6, 6.07) is 11.2. The van der Waals surface area contributed by atoms with E-state index in [4.69, 9.17) is 4.84 Å². The third kappa shape index (κ3) is 4.55. The van der Waals surface area contributed by atoms with Gasteiger partial charge in [0.05, 0.1) is 28.7 Å². The predicted octanol–water partition coefficient (Wildman–Crippen LogP) is 3.76. The van der Waals surface area contributed by atoms with Gasteiger partial charge in [-0.1, -0.05) is 26.0 Å². The van der Waals surface area contributed by atoms with Crippen LogP contribution in [0.2, 0.25) is 0 Å². The van der Waals surface area contributed by atoms with Gasteiger partial charge in [0, 0.05) is 29.2 Å². The molecule has 6 nitrogen and oxygen atoms in total. The van der Waals surface area contributed by atoms with Gasteiger partial charge < -0.3 is 9.88 Å². The van der Waals surface area contributed by atoms with Crippen LogP contribution < -0.4 is 14.9 Å². The van der Waals surface area contributed by atoms with E-state index >= 15 is 0 Å². The zero-order valence-corrected chi connectivity index (χ0v) is 18.7. The van der Waals surface area contributed by atoms with Gasteiger partial charge in [-0.3, -0.25) is 14.6 Å². The Bertz CT molecular complexity index is 1300. The Labute approximate surface area is 190 Å². The van der Waals surface area contributed by atoms with E-state index in [1.807, 2.05) is 38.1 Å². The lowest BCUT2D eigenvalue weighted by atomic mass is 10.0. The molecule has 0 aliphatic rings. The van der Waals surface area contributed by atoms with Gasteiger partial charge in [-0.2, -0.15) is 0 Å². The van der Waals surface area contributed by atoms with Crippen molar-refractivity contribution >= 4 is 16.8 Å². The van der Waals surface area contributed by atoms with Crippen LogP contribution in [0.5, 0.6) is 0 Å². The lowest BCUT2D eigenvalue weighted by molar-refractivity contribution is -0.884. The molecule has 4 aromatic rings. The predicted molar refractivity (Wildman–Crippen MR) is 120 cm³/mol. The quantitative estimate of drug-likeness (QED) is 0.436. The summed E-state index contributed by atoms with van der Waals surface area (Å²) in [7, 11) is 1.54. The second kappa shape index (κ2) is 9.36. The zero-order chi connectivity index (χ0) is 23.5. The number of aromatic nitrogens is 3. The largest absolute Gasteiger partial charge is 0.348 e. The molecule has 1 aromatic carbocycles. The van der Waals surface area contributed by atoms with Crippen molar-refractivity contribution in [3.8, 4) is 0 Å². The topological polar surface area (TPSA) is 60.0 Å². The first-order valence-corrected chi connectivity index (χ1v) is 10.6. The second-order valence-electron chi connectivity index (χ2n) is 8.04. The van der Waals surface area contributed by atoms with Gasteiger partial charge in [0.15, 0.2) is 11.6 Å². The molecule has 170 valence electrons. The Kier molecular flexibility index (Phi) is 6.35. The number of hydrogen-bond acceptors (Lipinski definition) is 3. The minimum Gasteiger partial charge on any atom is -0.348 e. The fourth-order valence-corrected chi connectivity index (χ4v) is 4.00. The van der Waals surface area contributed by atoms with Gasteiger partial charge in [0.2, 0.25) is 12.4 Å². The first-order valence-electron chi connectivity index (χ1n) is 10.6. The highest BCUT2D eigenvalue weighted by atomic mass is 19.2. The number of carbonyl (C=O) groups is 1. The number of fused-ring (bicyclic) bond motifs is 1. The monoisotopic (exact) mass is 451 g/mol. The van der Waals surface area contributed by atoms with E-state index < -0.39 is 11.6 Å². The van der Waals surface area contributed by atoms with Crippen molar-refractivity contribution in [3.05, 3.63) is 95.2 Å². The Morgan fingerprint density at radius 3 is 2.67 bits per heavy atom. The first kappa shape index (κ1) is 22.4. The molecule has 3 aromatic heterocycles. The number of nitrogens with zero attached hydrogens (tertiary/aromatic N) is 3. The minimum atomic E-state index is -0.947. The molecule has 3 heterocycles. The summed E-state index contributed by atoms with van der Waals surface area (Å²) in [5.74, 6) is -2.14. The van der Waals surface area contributed by atoms with Crippen molar-refractivity contribution in [3.63, 3.8) is 0 Å². The number of amides is 1. The van der Waals surface area contributed by atoms with Gasteiger partial charge >= 0.3 is 0 Å². The molecule has 1 amide bonds. The second-order valence-corrected chi connectivity index (χ2v) is 8.04.